The molecule has 2 rings (SSSR count). The van der Waals surface area contributed by atoms with Crippen LogP contribution in [0.3, 0.4) is 0 Å². The van der Waals surface area contributed by atoms with Crippen LogP contribution in [-0.2, 0) is 0 Å². The van der Waals surface area contributed by atoms with E-state index in [1.54, 1.807) is 7.11 Å². The monoisotopic (exact) mass is 262 g/mol. The van der Waals surface area contributed by atoms with Crippen LogP contribution in [0.2, 0.25) is 0 Å². The maximum atomic E-state index is 6.18. The highest BCUT2D eigenvalue weighted by atomic mass is 16.5. The molecule has 1 atom stereocenters. The maximum Gasteiger partial charge on any atom is 0.125 e. The highest BCUT2D eigenvalue weighted by Crippen LogP contribution is 2.37. The summed E-state index contributed by atoms with van der Waals surface area (Å²) in [7, 11) is 1.72. The van der Waals surface area contributed by atoms with Crippen molar-refractivity contribution in [3.8, 4) is 5.75 Å². The van der Waals surface area contributed by atoms with Gasteiger partial charge in [0.1, 0.15) is 5.75 Å². The Morgan fingerprint density at radius 2 is 2.05 bits per heavy atom. The van der Waals surface area contributed by atoms with Gasteiger partial charge in [-0.15, -0.1) is 0 Å². The molecule has 3 heteroatoms. The molecule has 1 aliphatic carbocycles. The van der Waals surface area contributed by atoms with Crippen LogP contribution in [0.5, 0.6) is 5.75 Å². The van der Waals surface area contributed by atoms with Crippen molar-refractivity contribution in [2.24, 2.45) is 5.73 Å². The fraction of sp³-hybridized carbons (Fsp3) is 0.625. The molecule has 0 radical (unpaired) electrons. The summed E-state index contributed by atoms with van der Waals surface area (Å²) in [5.41, 5.74) is 8.57. The summed E-state index contributed by atoms with van der Waals surface area (Å²) in [6.45, 7) is 5.28. The van der Waals surface area contributed by atoms with E-state index in [9.17, 15) is 0 Å². The van der Waals surface area contributed by atoms with Gasteiger partial charge < -0.3 is 15.4 Å². The topological polar surface area (TPSA) is 38.5 Å². The molecule has 0 bridgehead atoms. The fourth-order valence-corrected chi connectivity index (χ4v) is 3.26. The molecule has 1 saturated carbocycles. The highest BCUT2D eigenvalue weighted by Gasteiger charge is 2.25. The second kappa shape index (κ2) is 6.29. The van der Waals surface area contributed by atoms with Crippen molar-refractivity contribution in [2.45, 2.75) is 51.6 Å². The molecule has 1 aromatic carbocycles. The number of rotatable bonds is 5. The second-order valence-electron chi connectivity index (χ2n) is 5.41. The Hall–Kier alpha value is -1.22. The van der Waals surface area contributed by atoms with Gasteiger partial charge in [0.05, 0.1) is 7.11 Å². The molecule has 0 heterocycles. The lowest BCUT2D eigenvalue weighted by Gasteiger charge is -2.33. The van der Waals surface area contributed by atoms with Crippen LogP contribution < -0.4 is 15.4 Å². The molecular formula is C16H26N2O. The Morgan fingerprint density at radius 3 is 2.58 bits per heavy atom. The summed E-state index contributed by atoms with van der Waals surface area (Å²) in [6, 6.07) is 6.90. The van der Waals surface area contributed by atoms with E-state index in [1.165, 1.54) is 31.4 Å². The van der Waals surface area contributed by atoms with Crippen LogP contribution in [0.4, 0.5) is 5.69 Å². The van der Waals surface area contributed by atoms with E-state index in [4.69, 9.17) is 10.5 Å². The van der Waals surface area contributed by atoms with E-state index in [2.05, 4.69) is 24.0 Å². The molecule has 3 nitrogen and oxygen atoms in total. The normalized spacial score (nSPS) is 17.5. The van der Waals surface area contributed by atoms with Crippen molar-refractivity contribution in [3.05, 3.63) is 23.8 Å². The Balaban J connectivity index is 2.41. The van der Waals surface area contributed by atoms with E-state index in [0.717, 1.165) is 17.9 Å². The number of methoxy groups -OCH3 is 1. The zero-order valence-electron chi connectivity index (χ0n) is 12.4. The second-order valence-corrected chi connectivity index (χ2v) is 5.41. The fourth-order valence-electron chi connectivity index (χ4n) is 3.26. The molecule has 106 valence electrons. The van der Waals surface area contributed by atoms with Gasteiger partial charge in [-0.1, -0.05) is 18.9 Å². The average molecular weight is 262 g/mol. The highest BCUT2D eigenvalue weighted by molar-refractivity contribution is 5.61. The molecular weight excluding hydrogens is 236 g/mol. The van der Waals surface area contributed by atoms with Gasteiger partial charge in [0.2, 0.25) is 0 Å². The predicted octanol–water partition coefficient (Wildman–Crippen LogP) is 3.48. The van der Waals surface area contributed by atoms with Crippen LogP contribution in [0.1, 0.15) is 51.1 Å². The summed E-state index contributed by atoms with van der Waals surface area (Å²) < 4.78 is 5.50. The van der Waals surface area contributed by atoms with Crippen molar-refractivity contribution in [1.82, 2.24) is 0 Å². The Bertz CT molecular complexity index is 411. The number of nitrogens with two attached hydrogens (primary N) is 1. The van der Waals surface area contributed by atoms with Gasteiger partial charge in [-0.25, -0.2) is 0 Å². The number of anilines is 1. The quantitative estimate of drug-likeness (QED) is 0.883. The zero-order chi connectivity index (χ0) is 13.8. The molecule has 0 saturated heterocycles. The lowest BCUT2D eigenvalue weighted by atomic mass is 10.0. The van der Waals surface area contributed by atoms with E-state index in [-0.39, 0.29) is 6.04 Å². The van der Waals surface area contributed by atoms with Crippen LogP contribution in [0.15, 0.2) is 18.2 Å². The number of nitrogens with zero attached hydrogens (tertiary/aromatic N) is 1. The molecule has 2 N–H and O–H groups in total. The van der Waals surface area contributed by atoms with Gasteiger partial charge in [-0.05, 0) is 38.8 Å². The minimum Gasteiger partial charge on any atom is -0.496 e. The third kappa shape index (κ3) is 2.86. The molecule has 1 fully saturated rings. The van der Waals surface area contributed by atoms with Gasteiger partial charge in [0.15, 0.2) is 0 Å². The van der Waals surface area contributed by atoms with Crippen LogP contribution >= 0.6 is 0 Å². The number of ether oxygens (including phenoxy) is 1. The Kier molecular flexibility index (Phi) is 4.70. The molecule has 19 heavy (non-hydrogen) atoms. The lowest BCUT2D eigenvalue weighted by Crippen LogP contribution is -2.34. The van der Waals surface area contributed by atoms with Gasteiger partial charge in [0.25, 0.3) is 0 Å². The Morgan fingerprint density at radius 1 is 1.37 bits per heavy atom. The molecule has 0 aliphatic heterocycles. The first kappa shape index (κ1) is 14.2. The van der Waals surface area contributed by atoms with Crippen molar-refractivity contribution in [3.63, 3.8) is 0 Å². The van der Waals surface area contributed by atoms with E-state index >= 15 is 0 Å². The largest absolute Gasteiger partial charge is 0.496 e. The smallest absolute Gasteiger partial charge is 0.125 e. The van der Waals surface area contributed by atoms with Gasteiger partial charge in [-0.3, -0.25) is 0 Å². The minimum atomic E-state index is -0.0124. The third-order valence-electron chi connectivity index (χ3n) is 4.13. The summed E-state index contributed by atoms with van der Waals surface area (Å²) in [6.07, 6.45) is 5.28. The van der Waals surface area contributed by atoms with Crippen LogP contribution in [0.25, 0.3) is 0 Å². The summed E-state index contributed by atoms with van der Waals surface area (Å²) >= 11 is 0. The van der Waals surface area contributed by atoms with E-state index < -0.39 is 0 Å². The molecule has 1 unspecified atom stereocenters. The van der Waals surface area contributed by atoms with Gasteiger partial charge >= 0.3 is 0 Å². The van der Waals surface area contributed by atoms with Crippen LogP contribution in [-0.4, -0.2) is 19.7 Å². The minimum absolute atomic E-state index is 0.0124. The van der Waals surface area contributed by atoms with Gasteiger partial charge in [0, 0.05) is 29.9 Å². The van der Waals surface area contributed by atoms with Crippen molar-refractivity contribution in [2.75, 3.05) is 18.6 Å². The van der Waals surface area contributed by atoms with Crippen molar-refractivity contribution < 1.29 is 4.74 Å². The zero-order valence-corrected chi connectivity index (χ0v) is 12.4. The standard InChI is InChI=1S/C16H26N2O/c1-4-18(13-8-5-6-9-13)14-10-7-11-15(19-3)16(14)12(2)17/h7,10-13H,4-6,8-9,17H2,1-3H3. The lowest BCUT2D eigenvalue weighted by molar-refractivity contribution is 0.406. The number of hydrogen-bond acceptors (Lipinski definition) is 3. The summed E-state index contributed by atoms with van der Waals surface area (Å²) in [5.74, 6) is 0.906. The molecule has 0 spiro atoms. The Labute approximate surface area is 116 Å². The average Bonchev–Trinajstić information content (AvgIpc) is 2.93. The SMILES string of the molecule is CCN(c1cccc(OC)c1C(C)N)C1CCCC1. The third-order valence-corrected chi connectivity index (χ3v) is 4.13. The first-order valence-electron chi connectivity index (χ1n) is 7.38. The maximum absolute atomic E-state index is 6.18. The van der Waals surface area contributed by atoms with E-state index in [0.29, 0.717) is 6.04 Å². The molecule has 1 aromatic rings. The van der Waals surface area contributed by atoms with Crippen molar-refractivity contribution in [1.29, 1.82) is 0 Å². The molecule has 0 amide bonds. The van der Waals surface area contributed by atoms with E-state index in [1.807, 2.05) is 13.0 Å². The molecule has 0 aromatic heterocycles. The summed E-state index contributed by atoms with van der Waals surface area (Å²) in [4.78, 5) is 2.51. The number of hydrogen-bond donors (Lipinski definition) is 1. The summed E-state index contributed by atoms with van der Waals surface area (Å²) in [5, 5.41) is 0. The predicted molar refractivity (Wildman–Crippen MR) is 80.9 cm³/mol. The number of benzene rings is 1. The molecule has 1 aliphatic rings. The van der Waals surface area contributed by atoms with Crippen LogP contribution in [0, 0.1) is 0 Å². The first-order valence-corrected chi connectivity index (χ1v) is 7.38. The van der Waals surface area contributed by atoms with Crippen molar-refractivity contribution >= 4 is 5.69 Å². The van der Waals surface area contributed by atoms with Gasteiger partial charge in [-0.2, -0.15) is 0 Å². The first-order chi connectivity index (χ1) is 9.19.